The van der Waals surface area contributed by atoms with Crippen LogP contribution in [0.2, 0.25) is 0 Å². The van der Waals surface area contributed by atoms with Gasteiger partial charge in [0.15, 0.2) is 5.82 Å². The van der Waals surface area contributed by atoms with Crippen molar-refractivity contribution in [3.05, 3.63) is 34.8 Å². The van der Waals surface area contributed by atoms with E-state index in [1.165, 1.54) is 0 Å². The second kappa shape index (κ2) is 6.55. The number of hydrogen-bond acceptors (Lipinski definition) is 5. The molecule has 0 aromatic carbocycles. The summed E-state index contributed by atoms with van der Waals surface area (Å²) >= 11 is 0. The molecule has 0 atom stereocenters. The van der Waals surface area contributed by atoms with E-state index in [4.69, 9.17) is 4.52 Å². The first-order chi connectivity index (χ1) is 12.6. The quantitative estimate of drug-likeness (QED) is 0.725. The van der Waals surface area contributed by atoms with E-state index < -0.39 is 0 Å². The monoisotopic (exact) mass is 353 g/mol. The summed E-state index contributed by atoms with van der Waals surface area (Å²) in [5.41, 5.74) is 3.60. The Kier molecular flexibility index (Phi) is 4.22. The Morgan fingerprint density at radius 1 is 1.35 bits per heavy atom. The summed E-state index contributed by atoms with van der Waals surface area (Å²) in [5, 5.41) is 12.1. The van der Waals surface area contributed by atoms with Crippen molar-refractivity contribution in [2.45, 2.75) is 58.9 Å². The minimum Gasteiger partial charge on any atom is -0.336 e. The van der Waals surface area contributed by atoms with Crippen molar-refractivity contribution >= 4 is 22.8 Å². The van der Waals surface area contributed by atoms with Crippen molar-refractivity contribution in [1.29, 1.82) is 0 Å². The minimum absolute atomic E-state index is 0.203. The average Bonchev–Trinajstić information content (AvgIpc) is 3.33. The van der Waals surface area contributed by atoms with Gasteiger partial charge in [-0.2, -0.15) is 5.10 Å². The maximum Gasteiger partial charge on any atom is 0.259 e. The van der Waals surface area contributed by atoms with Crippen molar-refractivity contribution in [3.8, 4) is 0 Å². The first-order valence-electron chi connectivity index (χ1n) is 9.19. The topological polar surface area (TPSA) is 85.8 Å². The molecule has 4 rings (SSSR count). The van der Waals surface area contributed by atoms with E-state index in [-0.39, 0.29) is 5.91 Å². The molecule has 0 saturated heterocycles. The highest BCUT2D eigenvalue weighted by atomic mass is 16.5. The van der Waals surface area contributed by atoms with E-state index in [0.717, 1.165) is 43.6 Å². The molecule has 1 amide bonds. The van der Waals surface area contributed by atoms with Gasteiger partial charge in [-0.3, -0.25) is 9.48 Å². The Bertz CT molecular complexity index is 968. The summed E-state index contributed by atoms with van der Waals surface area (Å²) in [6.07, 6.45) is 4.37. The molecule has 3 heterocycles. The number of fused-ring (bicyclic) bond motifs is 1. The highest BCUT2D eigenvalue weighted by Crippen LogP contribution is 2.40. The molecule has 1 fully saturated rings. The van der Waals surface area contributed by atoms with Gasteiger partial charge in [-0.25, -0.2) is 4.98 Å². The summed E-state index contributed by atoms with van der Waals surface area (Å²) in [6, 6.07) is 3.77. The fraction of sp³-hybridized carbons (Fsp3) is 0.474. The van der Waals surface area contributed by atoms with Crippen LogP contribution in [-0.4, -0.2) is 25.8 Å². The van der Waals surface area contributed by atoms with E-state index in [1.807, 2.05) is 30.7 Å². The number of amides is 1. The number of rotatable bonds is 6. The largest absolute Gasteiger partial charge is 0.336 e. The molecule has 0 aliphatic heterocycles. The molecule has 0 unspecified atom stereocenters. The van der Waals surface area contributed by atoms with Gasteiger partial charge in [-0.1, -0.05) is 18.5 Å². The second-order valence-electron chi connectivity index (χ2n) is 7.02. The van der Waals surface area contributed by atoms with Gasteiger partial charge < -0.3 is 9.84 Å². The molecule has 3 aromatic rings. The van der Waals surface area contributed by atoms with Gasteiger partial charge >= 0.3 is 0 Å². The summed E-state index contributed by atoms with van der Waals surface area (Å²) in [4.78, 5) is 17.5. The number of pyridine rings is 1. The van der Waals surface area contributed by atoms with Crippen molar-refractivity contribution in [2.75, 3.05) is 5.32 Å². The molecule has 7 nitrogen and oxygen atoms in total. The molecular weight excluding hydrogens is 330 g/mol. The molecule has 0 radical (unpaired) electrons. The number of nitrogens with zero attached hydrogens (tertiary/aromatic N) is 4. The lowest BCUT2D eigenvalue weighted by molar-refractivity contribution is 0.102. The molecule has 1 aliphatic carbocycles. The summed E-state index contributed by atoms with van der Waals surface area (Å²) in [7, 11) is 0. The van der Waals surface area contributed by atoms with Crippen molar-refractivity contribution in [3.63, 3.8) is 0 Å². The highest BCUT2D eigenvalue weighted by molar-refractivity contribution is 6.12. The molecule has 0 bridgehead atoms. The van der Waals surface area contributed by atoms with E-state index in [2.05, 4.69) is 27.5 Å². The third-order valence-electron chi connectivity index (χ3n) is 4.82. The third kappa shape index (κ3) is 3.09. The second-order valence-corrected chi connectivity index (χ2v) is 7.02. The maximum absolute atomic E-state index is 13.0. The van der Waals surface area contributed by atoms with Gasteiger partial charge in [0.2, 0.25) is 0 Å². The summed E-state index contributed by atoms with van der Waals surface area (Å²) in [5.74, 6) is 0.785. The average molecular weight is 353 g/mol. The predicted molar refractivity (Wildman–Crippen MR) is 98.3 cm³/mol. The fourth-order valence-corrected chi connectivity index (χ4v) is 3.17. The van der Waals surface area contributed by atoms with Crippen LogP contribution in [0.3, 0.4) is 0 Å². The van der Waals surface area contributed by atoms with Gasteiger partial charge in [0, 0.05) is 29.9 Å². The number of unbranched alkanes of at least 4 members (excludes halogenated alkanes) is 1. The molecular formula is C19H23N5O2. The van der Waals surface area contributed by atoms with Gasteiger partial charge in [0.25, 0.3) is 11.6 Å². The minimum atomic E-state index is -0.203. The van der Waals surface area contributed by atoms with Crippen LogP contribution >= 0.6 is 0 Å². The third-order valence-corrected chi connectivity index (χ3v) is 4.82. The normalized spacial score (nSPS) is 14.1. The molecule has 1 saturated carbocycles. The van der Waals surface area contributed by atoms with Crippen LogP contribution in [0.15, 0.2) is 16.7 Å². The Labute approximate surface area is 151 Å². The van der Waals surface area contributed by atoms with Crippen molar-refractivity contribution in [2.24, 2.45) is 0 Å². The maximum atomic E-state index is 13.0. The molecule has 26 heavy (non-hydrogen) atoms. The molecule has 136 valence electrons. The van der Waals surface area contributed by atoms with Crippen LogP contribution < -0.4 is 5.32 Å². The lowest BCUT2D eigenvalue weighted by Crippen LogP contribution is -2.14. The first kappa shape index (κ1) is 16.8. The smallest absolute Gasteiger partial charge is 0.259 e. The number of aromatic nitrogens is 4. The zero-order valence-electron chi connectivity index (χ0n) is 15.4. The van der Waals surface area contributed by atoms with Crippen LogP contribution in [0, 0.1) is 13.8 Å². The van der Waals surface area contributed by atoms with Crippen molar-refractivity contribution < 1.29 is 9.32 Å². The highest BCUT2D eigenvalue weighted by Gasteiger charge is 2.28. The number of carbonyl (C=O) groups is 1. The zero-order chi connectivity index (χ0) is 18.3. The predicted octanol–water partition coefficient (Wildman–Crippen LogP) is 3.97. The van der Waals surface area contributed by atoms with Gasteiger partial charge in [0.1, 0.15) is 0 Å². The Morgan fingerprint density at radius 3 is 2.88 bits per heavy atom. The van der Waals surface area contributed by atoms with Crippen LogP contribution in [0.5, 0.6) is 0 Å². The molecule has 1 N–H and O–H groups in total. The van der Waals surface area contributed by atoms with Gasteiger partial charge in [-0.05, 0) is 39.2 Å². The fourth-order valence-electron chi connectivity index (χ4n) is 3.17. The van der Waals surface area contributed by atoms with Crippen LogP contribution in [-0.2, 0) is 6.54 Å². The Balaban J connectivity index is 1.65. The number of hydrogen-bond donors (Lipinski definition) is 1. The van der Waals surface area contributed by atoms with E-state index in [0.29, 0.717) is 34.1 Å². The van der Waals surface area contributed by atoms with Crippen molar-refractivity contribution in [1.82, 2.24) is 19.9 Å². The molecule has 3 aromatic heterocycles. The van der Waals surface area contributed by atoms with Crippen LogP contribution in [0.1, 0.15) is 66.0 Å². The summed E-state index contributed by atoms with van der Waals surface area (Å²) < 4.78 is 7.25. The zero-order valence-corrected chi connectivity index (χ0v) is 15.4. The van der Waals surface area contributed by atoms with E-state index in [9.17, 15) is 4.79 Å². The number of anilines is 1. The first-order valence-corrected chi connectivity index (χ1v) is 9.19. The Hall–Kier alpha value is -2.70. The SMILES string of the molecule is CCCCn1nc(NC(=O)c2cc(C3CC3)nc3onc(C)c23)cc1C. The molecule has 1 aliphatic rings. The van der Waals surface area contributed by atoms with Gasteiger partial charge in [0.05, 0.1) is 16.6 Å². The number of carbonyl (C=O) groups excluding carboxylic acids is 1. The summed E-state index contributed by atoms with van der Waals surface area (Å²) in [6.45, 7) is 6.83. The van der Waals surface area contributed by atoms with E-state index >= 15 is 0 Å². The Morgan fingerprint density at radius 2 is 2.15 bits per heavy atom. The van der Waals surface area contributed by atoms with Crippen LogP contribution in [0.4, 0.5) is 5.82 Å². The van der Waals surface area contributed by atoms with Gasteiger partial charge in [-0.15, -0.1) is 0 Å². The lowest BCUT2D eigenvalue weighted by atomic mass is 10.1. The van der Waals surface area contributed by atoms with E-state index in [1.54, 1.807) is 0 Å². The lowest BCUT2D eigenvalue weighted by Gasteiger charge is -2.06. The number of nitrogens with one attached hydrogen (secondary N) is 1. The molecule has 7 heteroatoms. The number of aryl methyl sites for hydroxylation is 3. The van der Waals surface area contributed by atoms with Crippen LogP contribution in [0.25, 0.3) is 11.1 Å². The standard InChI is InChI=1S/C19H23N5O2/c1-4-5-8-24-11(2)9-16(22-24)21-18(25)14-10-15(13-6-7-13)20-19-17(14)12(3)23-26-19/h9-10,13H,4-8H2,1-3H3,(H,21,22,25). The molecule has 0 spiro atoms.